The van der Waals surface area contributed by atoms with Crippen molar-refractivity contribution in [3.8, 4) is 5.75 Å². The molecule has 2 N–H and O–H groups in total. The first-order valence-electron chi connectivity index (χ1n) is 6.81. The van der Waals surface area contributed by atoms with Crippen LogP contribution in [0.5, 0.6) is 5.75 Å². The number of benzene rings is 2. The Morgan fingerprint density at radius 1 is 1.21 bits per heavy atom. The van der Waals surface area contributed by atoms with Gasteiger partial charge in [-0.05, 0) is 30.7 Å². The molecule has 1 aliphatic heterocycles. The van der Waals surface area contributed by atoms with Crippen LogP contribution in [-0.2, 0) is 14.8 Å². The molecule has 126 valence electrons. The number of halogens is 2. The van der Waals surface area contributed by atoms with Crippen molar-refractivity contribution in [3.05, 3.63) is 47.5 Å². The van der Waals surface area contributed by atoms with Crippen LogP contribution in [0.4, 0.5) is 20.2 Å². The van der Waals surface area contributed by atoms with Gasteiger partial charge in [-0.1, -0.05) is 0 Å². The van der Waals surface area contributed by atoms with Crippen LogP contribution in [0, 0.1) is 18.6 Å². The number of nitrogens with one attached hydrogen (secondary N) is 2. The van der Waals surface area contributed by atoms with E-state index in [1.54, 1.807) is 0 Å². The summed E-state index contributed by atoms with van der Waals surface area (Å²) in [4.78, 5) is 11.1. The summed E-state index contributed by atoms with van der Waals surface area (Å²) in [7, 11) is -4.13. The number of ether oxygens (including phenoxy) is 1. The minimum Gasteiger partial charge on any atom is -0.482 e. The number of carbonyl (C=O) groups excluding carboxylic acids is 1. The minimum atomic E-state index is -4.13. The van der Waals surface area contributed by atoms with Crippen LogP contribution >= 0.6 is 0 Å². The molecule has 2 aromatic carbocycles. The van der Waals surface area contributed by atoms with Gasteiger partial charge in [0.1, 0.15) is 17.4 Å². The zero-order chi connectivity index (χ0) is 17.5. The average molecular weight is 354 g/mol. The van der Waals surface area contributed by atoms with Gasteiger partial charge in [-0.25, -0.2) is 17.2 Å². The van der Waals surface area contributed by atoms with Crippen LogP contribution in [0.2, 0.25) is 0 Å². The van der Waals surface area contributed by atoms with Crippen molar-refractivity contribution in [1.29, 1.82) is 0 Å². The molecular weight excluding hydrogens is 342 g/mol. The Bertz CT molecular complexity index is 945. The van der Waals surface area contributed by atoms with Gasteiger partial charge in [0.15, 0.2) is 6.61 Å². The molecule has 0 unspecified atom stereocenters. The molecule has 0 radical (unpaired) electrons. The first kappa shape index (κ1) is 16.2. The molecule has 1 heterocycles. The molecule has 9 heteroatoms. The molecule has 0 bridgehead atoms. The summed E-state index contributed by atoms with van der Waals surface area (Å²) in [5.41, 5.74) is 0.313. The number of hydrogen-bond donors (Lipinski definition) is 2. The highest BCUT2D eigenvalue weighted by molar-refractivity contribution is 7.92. The molecule has 24 heavy (non-hydrogen) atoms. The van der Waals surface area contributed by atoms with Crippen molar-refractivity contribution in [2.45, 2.75) is 11.8 Å². The lowest BCUT2D eigenvalue weighted by molar-refractivity contribution is -0.118. The highest BCUT2D eigenvalue weighted by Gasteiger charge is 2.24. The first-order valence-corrected chi connectivity index (χ1v) is 8.30. The maximum absolute atomic E-state index is 13.7. The average Bonchev–Trinajstić information content (AvgIpc) is 2.49. The monoisotopic (exact) mass is 354 g/mol. The van der Waals surface area contributed by atoms with E-state index >= 15 is 0 Å². The normalized spacial score (nSPS) is 13.7. The fourth-order valence-corrected chi connectivity index (χ4v) is 3.59. The van der Waals surface area contributed by atoms with Crippen molar-refractivity contribution < 1.29 is 26.7 Å². The van der Waals surface area contributed by atoms with Gasteiger partial charge in [0.05, 0.1) is 16.3 Å². The third-order valence-electron chi connectivity index (χ3n) is 3.37. The predicted molar refractivity (Wildman–Crippen MR) is 82.5 cm³/mol. The molecule has 0 saturated heterocycles. The second kappa shape index (κ2) is 5.75. The smallest absolute Gasteiger partial charge is 0.262 e. The Balaban J connectivity index is 1.99. The summed E-state index contributed by atoms with van der Waals surface area (Å²) in [6, 6.07) is 5.21. The summed E-state index contributed by atoms with van der Waals surface area (Å²) in [6.45, 7) is 1.30. The zero-order valence-corrected chi connectivity index (χ0v) is 13.2. The number of anilines is 2. The molecule has 3 rings (SSSR count). The van der Waals surface area contributed by atoms with Crippen molar-refractivity contribution in [1.82, 2.24) is 0 Å². The topological polar surface area (TPSA) is 84.5 Å². The number of fused-ring (bicyclic) bond motifs is 1. The molecule has 0 saturated carbocycles. The summed E-state index contributed by atoms with van der Waals surface area (Å²) < 4.78 is 58.8. The SMILES string of the molecule is Cc1cc2c(cc1S(=O)(=O)Nc1ccc(F)cc1F)OCC(=O)N2. The van der Waals surface area contributed by atoms with E-state index in [0.717, 1.165) is 12.1 Å². The predicted octanol–water partition coefficient (Wildman–Crippen LogP) is 2.40. The van der Waals surface area contributed by atoms with Gasteiger partial charge in [0, 0.05) is 12.1 Å². The van der Waals surface area contributed by atoms with Crippen LogP contribution in [0.15, 0.2) is 35.2 Å². The Morgan fingerprint density at radius 3 is 2.67 bits per heavy atom. The number of carbonyl (C=O) groups is 1. The summed E-state index contributed by atoms with van der Waals surface area (Å²) in [6.07, 6.45) is 0. The first-order chi connectivity index (χ1) is 11.3. The summed E-state index contributed by atoms with van der Waals surface area (Å²) >= 11 is 0. The second-order valence-electron chi connectivity index (χ2n) is 5.18. The molecule has 1 amide bonds. The van der Waals surface area contributed by atoms with Gasteiger partial charge in [-0.2, -0.15) is 0 Å². The van der Waals surface area contributed by atoms with Crippen LogP contribution in [0.25, 0.3) is 0 Å². The van der Waals surface area contributed by atoms with Gasteiger partial charge in [0.25, 0.3) is 15.9 Å². The number of amides is 1. The Hall–Kier alpha value is -2.68. The van der Waals surface area contributed by atoms with Crippen LogP contribution in [0.3, 0.4) is 0 Å². The fraction of sp³-hybridized carbons (Fsp3) is 0.133. The van der Waals surface area contributed by atoms with E-state index in [1.807, 2.05) is 0 Å². The third-order valence-corrected chi connectivity index (χ3v) is 4.88. The third kappa shape index (κ3) is 3.02. The second-order valence-corrected chi connectivity index (χ2v) is 6.83. The van der Waals surface area contributed by atoms with Crippen LogP contribution in [-0.4, -0.2) is 20.9 Å². The molecule has 1 aliphatic rings. The Morgan fingerprint density at radius 2 is 1.96 bits per heavy atom. The lowest BCUT2D eigenvalue weighted by Crippen LogP contribution is -2.26. The minimum absolute atomic E-state index is 0.138. The van der Waals surface area contributed by atoms with Gasteiger partial charge in [0.2, 0.25) is 0 Å². The summed E-state index contributed by atoms with van der Waals surface area (Å²) in [5.74, 6) is -1.99. The molecular formula is C15H12F2N2O4S. The van der Waals surface area contributed by atoms with E-state index in [9.17, 15) is 22.0 Å². The summed E-state index contributed by atoms with van der Waals surface area (Å²) in [5, 5.41) is 2.56. The van der Waals surface area contributed by atoms with E-state index in [1.165, 1.54) is 19.1 Å². The number of sulfonamides is 1. The van der Waals surface area contributed by atoms with E-state index in [0.29, 0.717) is 17.3 Å². The number of hydrogen-bond acceptors (Lipinski definition) is 4. The van der Waals surface area contributed by atoms with Gasteiger partial charge < -0.3 is 10.1 Å². The maximum Gasteiger partial charge on any atom is 0.262 e. The van der Waals surface area contributed by atoms with Crippen molar-refractivity contribution >= 4 is 27.3 Å². The van der Waals surface area contributed by atoms with E-state index in [2.05, 4.69) is 10.0 Å². The number of aryl methyl sites for hydroxylation is 1. The highest BCUT2D eigenvalue weighted by atomic mass is 32.2. The van der Waals surface area contributed by atoms with Crippen molar-refractivity contribution in [2.24, 2.45) is 0 Å². The van der Waals surface area contributed by atoms with Crippen LogP contribution < -0.4 is 14.8 Å². The standard InChI is InChI=1S/C15H12F2N2O4S/c1-8-4-12-13(23-7-15(20)18-12)6-14(8)24(21,22)19-11-3-2-9(16)5-10(11)17/h2-6,19H,7H2,1H3,(H,18,20). The Labute approximate surface area is 136 Å². The molecule has 2 aromatic rings. The Kier molecular flexibility index (Phi) is 3.88. The lowest BCUT2D eigenvalue weighted by Gasteiger charge is -2.20. The lowest BCUT2D eigenvalue weighted by atomic mass is 10.2. The maximum atomic E-state index is 13.7. The van der Waals surface area contributed by atoms with Crippen LogP contribution in [0.1, 0.15) is 5.56 Å². The van der Waals surface area contributed by atoms with Gasteiger partial charge in [-0.3, -0.25) is 9.52 Å². The van der Waals surface area contributed by atoms with Gasteiger partial charge >= 0.3 is 0 Å². The van der Waals surface area contributed by atoms with E-state index < -0.39 is 21.7 Å². The zero-order valence-electron chi connectivity index (χ0n) is 12.4. The van der Waals surface area contributed by atoms with Crippen molar-refractivity contribution in [2.75, 3.05) is 16.6 Å². The molecule has 0 atom stereocenters. The highest BCUT2D eigenvalue weighted by Crippen LogP contribution is 2.33. The van der Waals surface area contributed by atoms with E-state index in [4.69, 9.17) is 4.74 Å². The quantitative estimate of drug-likeness (QED) is 0.886. The molecule has 0 spiro atoms. The molecule has 0 aliphatic carbocycles. The molecule has 6 nitrogen and oxygen atoms in total. The van der Waals surface area contributed by atoms with Crippen molar-refractivity contribution in [3.63, 3.8) is 0 Å². The number of rotatable bonds is 3. The van der Waals surface area contributed by atoms with E-state index in [-0.39, 0.29) is 28.8 Å². The molecule has 0 fully saturated rings. The molecule has 0 aromatic heterocycles. The largest absolute Gasteiger partial charge is 0.482 e. The van der Waals surface area contributed by atoms with Gasteiger partial charge in [-0.15, -0.1) is 0 Å². The fourth-order valence-electron chi connectivity index (χ4n) is 2.28.